The Kier molecular flexibility index (Phi) is 20.8. The lowest BCUT2D eigenvalue weighted by Crippen LogP contribution is -2.60. The summed E-state index contributed by atoms with van der Waals surface area (Å²) >= 11 is 16.6. The minimum Gasteiger partial charge on any atom is -0.415 e. The third-order valence-electron chi connectivity index (χ3n) is 5.25. The summed E-state index contributed by atoms with van der Waals surface area (Å²) in [5.74, 6) is -7.79. The molecule has 0 saturated heterocycles. The topological polar surface area (TPSA) is 186 Å². The van der Waals surface area contributed by atoms with Gasteiger partial charge in [0.15, 0.2) is 0 Å². The predicted octanol–water partition coefficient (Wildman–Crippen LogP) is 1.37. The third kappa shape index (κ3) is 17.1. The fourth-order valence-electron chi connectivity index (χ4n) is 2.71. The number of ether oxygens (including phenoxy) is 4. The lowest BCUT2D eigenvalue weighted by molar-refractivity contribution is -0.351. The molecule has 0 spiro atoms. The van der Waals surface area contributed by atoms with E-state index in [1.165, 1.54) is 13.8 Å². The summed E-state index contributed by atoms with van der Waals surface area (Å²) in [6, 6.07) is 0. The van der Waals surface area contributed by atoms with E-state index in [9.17, 15) is 19.2 Å². The van der Waals surface area contributed by atoms with E-state index in [4.69, 9.17) is 39.4 Å². The highest BCUT2D eigenvalue weighted by molar-refractivity contribution is 7.81. The number of hydrogen-bond acceptors (Lipinski definition) is 16. The van der Waals surface area contributed by atoms with Gasteiger partial charge in [-0.3, -0.25) is 19.2 Å². The van der Waals surface area contributed by atoms with Crippen molar-refractivity contribution in [3.8, 4) is 0 Å². The normalized spacial score (nSPS) is 17.2. The number of aliphatic hydroxyl groups excluding tert-OH is 4. The number of thiol groups is 4. The molecular weight excluding hydrogens is 621 g/mol. The van der Waals surface area contributed by atoms with Crippen molar-refractivity contribution in [2.45, 2.75) is 99.8 Å². The Morgan fingerprint density at radius 2 is 0.683 bits per heavy atom. The maximum absolute atomic E-state index is 12.5. The van der Waals surface area contributed by atoms with E-state index in [-0.39, 0.29) is 46.7 Å². The fraction of sp³-hybridized carbons (Fsp3) is 0.840. The van der Waals surface area contributed by atoms with Gasteiger partial charge in [-0.2, -0.15) is 50.5 Å². The number of carbonyl (C=O) groups excluding carboxylic acids is 4. The molecule has 4 unspecified atom stereocenters. The number of aliphatic hydroxyl groups is 4. The first-order chi connectivity index (χ1) is 18.7. The molecule has 4 atom stereocenters. The second-order valence-electron chi connectivity index (χ2n) is 10.1. The first-order valence-corrected chi connectivity index (χ1v) is 14.8. The number of carbonyl (C=O) groups is 4. The van der Waals surface area contributed by atoms with Gasteiger partial charge in [0.1, 0.15) is 0 Å². The van der Waals surface area contributed by atoms with Crippen molar-refractivity contribution in [1.29, 1.82) is 0 Å². The van der Waals surface area contributed by atoms with Crippen LogP contribution in [0.4, 0.5) is 0 Å². The number of rotatable bonds is 17. The molecular formula is C25H46O12S4. The Bertz CT molecular complexity index is 695. The highest BCUT2D eigenvalue weighted by atomic mass is 32.1. The highest BCUT2D eigenvalue weighted by Crippen LogP contribution is 2.35. The van der Waals surface area contributed by atoms with Crippen LogP contribution in [0.2, 0.25) is 0 Å². The van der Waals surface area contributed by atoms with Crippen molar-refractivity contribution in [3.05, 3.63) is 0 Å². The van der Waals surface area contributed by atoms with Crippen LogP contribution in [0.3, 0.4) is 0 Å². The molecule has 0 heterocycles. The molecule has 4 N–H and O–H groups in total. The standard InChI is InChI=1S/C20H34O8S4.C5H12O4/c1-11(29)7-15(21)25-19(5,26-16(22)8-12(2)30)20(6,27-17(23)9-13(3)31)28-18(24)10-14(4)32;6-1-5(2-7,3-8)4-9/h11-14,29-32H,7-10H2,1-6H3;6-9H,1-4H2. The van der Waals surface area contributed by atoms with Crippen LogP contribution in [0, 0.1) is 5.41 Å². The molecule has 0 radical (unpaired) electrons. The molecule has 16 heteroatoms. The zero-order valence-electron chi connectivity index (χ0n) is 24.3. The molecule has 0 aliphatic rings. The Labute approximate surface area is 263 Å². The van der Waals surface area contributed by atoms with Gasteiger partial charge in [-0.05, 0) is 0 Å². The zero-order chi connectivity index (χ0) is 32.6. The lowest BCUT2D eigenvalue weighted by Gasteiger charge is -2.42. The Balaban J connectivity index is 0. The maximum atomic E-state index is 12.5. The van der Waals surface area contributed by atoms with E-state index in [2.05, 4.69) is 50.5 Å². The van der Waals surface area contributed by atoms with Gasteiger partial charge in [0.05, 0.1) is 57.5 Å². The molecule has 0 aromatic carbocycles. The summed E-state index contributed by atoms with van der Waals surface area (Å²) in [5.41, 5.74) is -1.11. The van der Waals surface area contributed by atoms with Crippen LogP contribution in [0.5, 0.6) is 0 Å². The smallest absolute Gasteiger partial charge is 0.331 e. The van der Waals surface area contributed by atoms with Crippen LogP contribution in [0.25, 0.3) is 0 Å². The molecule has 0 fully saturated rings. The van der Waals surface area contributed by atoms with Crippen LogP contribution in [-0.2, 0) is 38.1 Å². The minimum absolute atomic E-state index is 0.140. The van der Waals surface area contributed by atoms with Crippen molar-refractivity contribution in [2.75, 3.05) is 26.4 Å². The van der Waals surface area contributed by atoms with E-state index in [1.807, 2.05) is 0 Å². The van der Waals surface area contributed by atoms with Gasteiger partial charge in [-0.15, -0.1) is 0 Å². The monoisotopic (exact) mass is 666 g/mol. The summed E-state index contributed by atoms with van der Waals surface area (Å²) in [6.45, 7) is 7.40. The molecule has 0 aliphatic carbocycles. The van der Waals surface area contributed by atoms with Gasteiger partial charge in [-0.25, -0.2) is 0 Å². The summed E-state index contributed by atoms with van der Waals surface area (Å²) in [5, 5.41) is 32.5. The van der Waals surface area contributed by atoms with Crippen molar-refractivity contribution in [1.82, 2.24) is 0 Å². The van der Waals surface area contributed by atoms with E-state index in [0.717, 1.165) is 0 Å². The van der Waals surface area contributed by atoms with Gasteiger partial charge in [-0.1, -0.05) is 27.7 Å². The minimum atomic E-state index is -2.29. The molecule has 41 heavy (non-hydrogen) atoms. The lowest BCUT2D eigenvalue weighted by atomic mass is 9.93. The van der Waals surface area contributed by atoms with Crippen LogP contribution >= 0.6 is 50.5 Å². The van der Waals surface area contributed by atoms with Gasteiger partial charge in [0, 0.05) is 34.8 Å². The quantitative estimate of drug-likeness (QED) is 0.0634. The molecule has 0 aromatic heterocycles. The van der Waals surface area contributed by atoms with Crippen molar-refractivity contribution in [3.63, 3.8) is 0 Å². The number of hydrogen-bond donors (Lipinski definition) is 8. The van der Waals surface area contributed by atoms with Crippen LogP contribution < -0.4 is 0 Å². The van der Waals surface area contributed by atoms with Crippen LogP contribution in [-0.4, -0.2) is 103 Å². The SMILES string of the molecule is CC(S)CC(=O)OC(C)(OC(=O)CC(C)S)C(C)(OC(=O)CC(C)S)OC(=O)CC(C)S.OCC(CO)(CO)CO. The Morgan fingerprint density at radius 1 is 0.512 bits per heavy atom. The average Bonchev–Trinajstić information content (AvgIpc) is 2.78. The maximum Gasteiger partial charge on any atom is 0.331 e. The van der Waals surface area contributed by atoms with E-state index in [0.29, 0.717) is 0 Å². The summed E-state index contributed by atoms with van der Waals surface area (Å²) in [6.07, 6.45) is -0.561. The first kappa shape index (κ1) is 42.3. The molecule has 0 saturated carbocycles. The first-order valence-electron chi connectivity index (χ1n) is 12.8. The summed E-state index contributed by atoms with van der Waals surface area (Å²) in [4.78, 5) is 49.9. The van der Waals surface area contributed by atoms with Gasteiger partial charge in [0.25, 0.3) is 0 Å². The second kappa shape index (κ2) is 20.1. The van der Waals surface area contributed by atoms with Gasteiger partial charge >= 0.3 is 35.5 Å². The van der Waals surface area contributed by atoms with E-state index in [1.54, 1.807) is 27.7 Å². The van der Waals surface area contributed by atoms with Crippen molar-refractivity contribution in [2.24, 2.45) is 5.41 Å². The Hall–Kier alpha value is -0.880. The third-order valence-corrected chi connectivity index (χ3v) is 5.98. The average molecular weight is 667 g/mol. The summed E-state index contributed by atoms with van der Waals surface area (Å²) in [7, 11) is 0. The molecule has 0 rings (SSSR count). The van der Waals surface area contributed by atoms with Gasteiger partial charge < -0.3 is 39.4 Å². The predicted molar refractivity (Wildman–Crippen MR) is 164 cm³/mol. The fourth-order valence-corrected chi connectivity index (χ4v) is 3.31. The molecule has 242 valence electrons. The highest BCUT2D eigenvalue weighted by Gasteiger charge is 2.58. The molecule has 0 aliphatic heterocycles. The van der Waals surface area contributed by atoms with E-state index >= 15 is 0 Å². The molecule has 0 bridgehead atoms. The molecule has 0 aromatic rings. The van der Waals surface area contributed by atoms with Crippen LogP contribution in [0.15, 0.2) is 0 Å². The zero-order valence-corrected chi connectivity index (χ0v) is 27.9. The van der Waals surface area contributed by atoms with Crippen LogP contribution in [0.1, 0.15) is 67.2 Å². The Morgan fingerprint density at radius 3 is 0.780 bits per heavy atom. The van der Waals surface area contributed by atoms with Crippen molar-refractivity contribution < 1.29 is 58.6 Å². The molecule has 0 amide bonds. The van der Waals surface area contributed by atoms with E-state index < -0.39 is 67.3 Å². The van der Waals surface area contributed by atoms with Crippen molar-refractivity contribution >= 4 is 74.4 Å². The van der Waals surface area contributed by atoms with Gasteiger partial charge in [0.2, 0.25) is 0 Å². The molecule has 12 nitrogen and oxygen atoms in total. The largest absolute Gasteiger partial charge is 0.415 e. The second-order valence-corrected chi connectivity index (χ2v) is 13.7. The number of esters is 4. The summed E-state index contributed by atoms with van der Waals surface area (Å²) < 4.78 is 21.7.